The molecule has 0 saturated carbocycles. The number of benzene rings is 1. The van der Waals surface area contributed by atoms with Crippen LogP contribution in [0.1, 0.15) is 35.2 Å². The van der Waals surface area contributed by atoms with Crippen LogP contribution in [0.15, 0.2) is 18.2 Å². The third-order valence-electron chi connectivity index (χ3n) is 5.77. The molecule has 0 bridgehead atoms. The van der Waals surface area contributed by atoms with E-state index >= 15 is 0 Å². The molecule has 2 amide bonds. The molecule has 1 aromatic carbocycles. The van der Waals surface area contributed by atoms with Gasteiger partial charge in [-0.05, 0) is 48.9 Å². The van der Waals surface area contributed by atoms with Crippen molar-refractivity contribution in [3.63, 3.8) is 0 Å². The highest BCUT2D eigenvalue weighted by Gasteiger charge is 2.26. The monoisotopic (exact) mass is 357 g/mol. The summed E-state index contributed by atoms with van der Waals surface area (Å²) < 4.78 is 5.41. The summed E-state index contributed by atoms with van der Waals surface area (Å²) in [5.74, 6) is 0.851. The van der Waals surface area contributed by atoms with Crippen molar-refractivity contribution in [1.29, 1.82) is 0 Å². The fraction of sp³-hybridized carbons (Fsp3) is 0.600. The minimum Gasteiger partial charge on any atom is -0.379 e. The molecule has 1 N–H and O–H groups in total. The Morgan fingerprint density at radius 3 is 2.65 bits per heavy atom. The van der Waals surface area contributed by atoms with Gasteiger partial charge < -0.3 is 15.0 Å². The fourth-order valence-electron chi connectivity index (χ4n) is 4.17. The van der Waals surface area contributed by atoms with Crippen LogP contribution in [0.5, 0.6) is 0 Å². The maximum atomic E-state index is 12.9. The Labute approximate surface area is 154 Å². The summed E-state index contributed by atoms with van der Waals surface area (Å²) in [7, 11) is 0. The minimum atomic E-state index is 0.0546. The highest BCUT2D eigenvalue weighted by Crippen LogP contribution is 2.26. The average molecular weight is 357 g/mol. The summed E-state index contributed by atoms with van der Waals surface area (Å²) >= 11 is 0. The number of carbonyl (C=O) groups is 2. The lowest BCUT2D eigenvalue weighted by Crippen LogP contribution is -2.44. The molecule has 0 radical (unpaired) electrons. The lowest BCUT2D eigenvalue weighted by Gasteiger charge is -2.36. The number of piperidine rings is 1. The molecule has 3 aliphatic heterocycles. The molecule has 3 aliphatic rings. The highest BCUT2D eigenvalue weighted by atomic mass is 16.5. The summed E-state index contributed by atoms with van der Waals surface area (Å²) in [5, 5.41) is 2.87. The summed E-state index contributed by atoms with van der Waals surface area (Å²) in [6.45, 7) is 6.55. The van der Waals surface area contributed by atoms with Gasteiger partial charge >= 0.3 is 0 Å². The molecule has 6 nitrogen and oxygen atoms in total. The standard InChI is InChI=1S/C20H27N3O3/c24-19-4-2-16-13-17(1-3-18(16)21-19)20(25)23-7-5-15(6-8-23)14-22-9-11-26-12-10-22/h1,3,13,15H,2,4-12,14H2,(H,21,24). The maximum absolute atomic E-state index is 12.9. The van der Waals surface area contributed by atoms with Gasteiger partial charge in [-0.1, -0.05) is 0 Å². The largest absolute Gasteiger partial charge is 0.379 e. The second-order valence-electron chi connectivity index (χ2n) is 7.57. The molecule has 2 fully saturated rings. The molecule has 6 heteroatoms. The molecule has 1 aromatic rings. The van der Waals surface area contributed by atoms with Crippen LogP contribution in [0.3, 0.4) is 0 Å². The quantitative estimate of drug-likeness (QED) is 0.895. The molecular weight excluding hydrogens is 330 g/mol. The van der Waals surface area contributed by atoms with Crippen LogP contribution < -0.4 is 5.32 Å². The smallest absolute Gasteiger partial charge is 0.253 e. The van der Waals surface area contributed by atoms with Gasteiger partial charge in [-0.15, -0.1) is 0 Å². The molecule has 26 heavy (non-hydrogen) atoms. The van der Waals surface area contributed by atoms with Gasteiger partial charge in [0, 0.05) is 50.4 Å². The van der Waals surface area contributed by atoms with Crippen LogP contribution in [0.4, 0.5) is 5.69 Å². The van der Waals surface area contributed by atoms with Crippen molar-refractivity contribution < 1.29 is 14.3 Å². The molecule has 0 spiro atoms. The number of likely N-dealkylation sites (tertiary alicyclic amines) is 1. The molecule has 0 aromatic heterocycles. The Morgan fingerprint density at radius 1 is 1.12 bits per heavy atom. The number of rotatable bonds is 3. The van der Waals surface area contributed by atoms with Crippen molar-refractivity contribution in [2.75, 3.05) is 51.3 Å². The number of aryl methyl sites for hydroxylation is 1. The number of fused-ring (bicyclic) bond motifs is 1. The zero-order valence-corrected chi connectivity index (χ0v) is 15.2. The summed E-state index contributed by atoms with van der Waals surface area (Å²) in [5.41, 5.74) is 2.66. The van der Waals surface area contributed by atoms with Crippen LogP contribution in [0.25, 0.3) is 0 Å². The number of morpholine rings is 1. The number of hydrogen-bond acceptors (Lipinski definition) is 4. The Bertz CT molecular complexity index is 677. The number of nitrogens with zero attached hydrogens (tertiary/aromatic N) is 2. The third kappa shape index (κ3) is 3.91. The Kier molecular flexibility index (Phi) is 5.22. The van der Waals surface area contributed by atoms with Crippen LogP contribution >= 0.6 is 0 Å². The molecule has 4 rings (SSSR count). The van der Waals surface area contributed by atoms with Gasteiger partial charge in [0.25, 0.3) is 5.91 Å². The van der Waals surface area contributed by atoms with E-state index in [0.717, 1.165) is 75.6 Å². The lowest BCUT2D eigenvalue weighted by atomic mass is 9.95. The fourth-order valence-corrected chi connectivity index (χ4v) is 4.17. The van der Waals surface area contributed by atoms with Crippen molar-refractivity contribution in [3.8, 4) is 0 Å². The Hall–Kier alpha value is -1.92. The molecule has 0 aliphatic carbocycles. The van der Waals surface area contributed by atoms with Gasteiger partial charge in [0.2, 0.25) is 5.91 Å². The summed E-state index contributed by atoms with van der Waals surface area (Å²) in [4.78, 5) is 28.8. The predicted octanol–water partition coefficient (Wildman–Crippen LogP) is 1.76. The second kappa shape index (κ2) is 7.76. The number of amides is 2. The van der Waals surface area contributed by atoms with Gasteiger partial charge in [0.1, 0.15) is 0 Å². The number of ether oxygens (including phenoxy) is 1. The van der Waals surface area contributed by atoms with Crippen molar-refractivity contribution in [3.05, 3.63) is 29.3 Å². The van der Waals surface area contributed by atoms with E-state index in [1.165, 1.54) is 0 Å². The average Bonchev–Trinajstić information content (AvgIpc) is 2.68. The van der Waals surface area contributed by atoms with E-state index in [1.807, 2.05) is 23.1 Å². The Morgan fingerprint density at radius 2 is 1.88 bits per heavy atom. The van der Waals surface area contributed by atoms with E-state index in [1.54, 1.807) is 0 Å². The van der Waals surface area contributed by atoms with Crippen LogP contribution in [-0.2, 0) is 16.0 Å². The Balaban J connectivity index is 1.32. The normalized spacial score (nSPS) is 22.0. The summed E-state index contributed by atoms with van der Waals surface area (Å²) in [6.07, 6.45) is 3.36. The maximum Gasteiger partial charge on any atom is 0.253 e. The first-order chi connectivity index (χ1) is 12.7. The number of carbonyl (C=O) groups excluding carboxylic acids is 2. The molecule has 0 atom stereocenters. The van der Waals surface area contributed by atoms with E-state index in [0.29, 0.717) is 18.8 Å². The van der Waals surface area contributed by atoms with Crippen molar-refractivity contribution in [2.45, 2.75) is 25.7 Å². The van der Waals surface area contributed by atoms with Gasteiger partial charge in [0.15, 0.2) is 0 Å². The van der Waals surface area contributed by atoms with E-state index in [2.05, 4.69) is 10.2 Å². The number of nitrogens with one attached hydrogen (secondary N) is 1. The molecule has 140 valence electrons. The second-order valence-corrected chi connectivity index (χ2v) is 7.57. The first-order valence-electron chi connectivity index (χ1n) is 9.71. The number of anilines is 1. The van der Waals surface area contributed by atoms with Gasteiger partial charge in [-0.3, -0.25) is 14.5 Å². The van der Waals surface area contributed by atoms with Crippen molar-refractivity contribution in [2.24, 2.45) is 5.92 Å². The van der Waals surface area contributed by atoms with Gasteiger partial charge in [0.05, 0.1) is 13.2 Å². The van der Waals surface area contributed by atoms with E-state index in [4.69, 9.17) is 4.74 Å². The topological polar surface area (TPSA) is 61.9 Å². The SMILES string of the molecule is O=C1CCc2cc(C(=O)N3CCC(CN4CCOCC4)CC3)ccc2N1. The van der Waals surface area contributed by atoms with Crippen LogP contribution in [-0.4, -0.2) is 67.6 Å². The molecule has 0 unspecified atom stereocenters. The van der Waals surface area contributed by atoms with Crippen molar-refractivity contribution >= 4 is 17.5 Å². The lowest BCUT2D eigenvalue weighted by molar-refractivity contribution is -0.116. The van der Waals surface area contributed by atoms with E-state index in [9.17, 15) is 9.59 Å². The molecule has 3 heterocycles. The summed E-state index contributed by atoms with van der Waals surface area (Å²) in [6, 6.07) is 5.66. The van der Waals surface area contributed by atoms with Gasteiger partial charge in [-0.25, -0.2) is 0 Å². The molecular formula is C20H27N3O3. The minimum absolute atomic E-state index is 0.0546. The first-order valence-corrected chi connectivity index (χ1v) is 9.71. The van der Waals surface area contributed by atoms with Crippen LogP contribution in [0.2, 0.25) is 0 Å². The van der Waals surface area contributed by atoms with Gasteiger partial charge in [-0.2, -0.15) is 0 Å². The van der Waals surface area contributed by atoms with E-state index in [-0.39, 0.29) is 11.8 Å². The van der Waals surface area contributed by atoms with Crippen LogP contribution in [0, 0.1) is 5.92 Å². The van der Waals surface area contributed by atoms with Crippen molar-refractivity contribution in [1.82, 2.24) is 9.80 Å². The predicted molar refractivity (Wildman–Crippen MR) is 99.3 cm³/mol. The number of hydrogen-bond donors (Lipinski definition) is 1. The highest BCUT2D eigenvalue weighted by molar-refractivity contribution is 5.98. The third-order valence-corrected chi connectivity index (χ3v) is 5.77. The zero-order valence-electron chi connectivity index (χ0n) is 15.2. The first kappa shape index (κ1) is 17.5. The zero-order chi connectivity index (χ0) is 17.9. The molecule has 2 saturated heterocycles. The van der Waals surface area contributed by atoms with E-state index < -0.39 is 0 Å².